The summed E-state index contributed by atoms with van der Waals surface area (Å²) in [6.45, 7) is 5.22. The number of unbranched alkanes of at least 4 members (excludes halogenated alkanes) is 1. The molecule has 0 aliphatic heterocycles. The second kappa shape index (κ2) is 13.7. The molecule has 1 rings (SSSR count). The molecule has 0 aromatic rings. The van der Waals surface area contributed by atoms with E-state index >= 15 is 0 Å². The van der Waals surface area contributed by atoms with Gasteiger partial charge in [0.05, 0.1) is 12.5 Å². The Morgan fingerprint density at radius 2 is 2.00 bits per heavy atom. The average Bonchev–Trinajstić information content (AvgIpc) is 3.05. The van der Waals surface area contributed by atoms with E-state index in [4.69, 9.17) is 9.47 Å². The molecule has 1 aliphatic rings. The van der Waals surface area contributed by atoms with Gasteiger partial charge in [0.15, 0.2) is 6.10 Å². The molecule has 0 amide bonds. The van der Waals surface area contributed by atoms with Crippen molar-refractivity contribution in [3.8, 4) is 0 Å². The molecule has 2 N–H and O–H groups in total. The van der Waals surface area contributed by atoms with Crippen molar-refractivity contribution in [2.45, 2.75) is 64.9 Å². The van der Waals surface area contributed by atoms with Crippen LogP contribution in [0.4, 0.5) is 0 Å². The molecule has 0 bridgehead atoms. The fourth-order valence-corrected chi connectivity index (χ4v) is 3.55. The third-order valence-corrected chi connectivity index (χ3v) is 5.23. The van der Waals surface area contributed by atoms with Crippen LogP contribution in [0.15, 0.2) is 0 Å². The lowest BCUT2D eigenvalue weighted by Gasteiger charge is -2.17. The van der Waals surface area contributed by atoms with Crippen LogP contribution in [0.3, 0.4) is 0 Å². The molecule has 0 spiro atoms. The van der Waals surface area contributed by atoms with Gasteiger partial charge in [-0.15, -0.1) is 0 Å². The Balaban J connectivity index is 2.18. The maximum absolute atomic E-state index is 12.2. The summed E-state index contributed by atoms with van der Waals surface area (Å²) >= 11 is 0. The van der Waals surface area contributed by atoms with E-state index in [0.717, 1.165) is 38.5 Å². The predicted molar refractivity (Wildman–Crippen MR) is 101 cm³/mol. The lowest BCUT2D eigenvalue weighted by molar-refractivity contribution is -0.163. The standard InChI is InChI=1S/C20H35NO6/c1-3-16-12-17(11-15(16)2)20(25)26-14-18(13-23)27-19(24)7-6-9-21-8-4-5-10-22/h10,15-18,21,23H,3-9,11-14H2,1-2H3. The molecule has 0 aromatic heterocycles. The second-order valence-electron chi connectivity index (χ2n) is 7.40. The number of esters is 2. The first kappa shape index (κ1) is 23.6. The zero-order chi connectivity index (χ0) is 20.1. The minimum atomic E-state index is -0.817. The molecule has 0 saturated heterocycles. The predicted octanol–water partition coefficient (Wildman–Crippen LogP) is 1.85. The molecule has 1 fully saturated rings. The van der Waals surface area contributed by atoms with Crippen molar-refractivity contribution in [3.05, 3.63) is 0 Å². The van der Waals surface area contributed by atoms with E-state index in [1.54, 1.807) is 0 Å². The van der Waals surface area contributed by atoms with Crippen LogP contribution >= 0.6 is 0 Å². The van der Waals surface area contributed by atoms with E-state index in [0.29, 0.717) is 31.2 Å². The van der Waals surface area contributed by atoms with Gasteiger partial charge in [0, 0.05) is 12.8 Å². The van der Waals surface area contributed by atoms with E-state index < -0.39 is 12.1 Å². The van der Waals surface area contributed by atoms with Gasteiger partial charge in [-0.3, -0.25) is 9.59 Å². The van der Waals surface area contributed by atoms with Gasteiger partial charge in [-0.2, -0.15) is 0 Å². The summed E-state index contributed by atoms with van der Waals surface area (Å²) in [5.41, 5.74) is 0. The topological polar surface area (TPSA) is 102 Å². The summed E-state index contributed by atoms with van der Waals surface area (Å²) in [7, 11) is 0. The van der Waals surface area contributed by atoms with Crippen molar-refractivity contribution in [3.63, 3.8) is 0 Å². The number of carbonyl (C=O) groups is 3. The molecule has 27 heavy (non-hydrogen) atoms. The molecule has 1 aliphatic carbocycles. The van der Waals surface area contributed by atoms with Crippen LogP contribution in [0, 0.1) is 17.8 Å². The van der Waals surface area contributed by atoms with Gasteiger partial charge in [0.2, 0.25) is 0 Å². The number of ether oxygens (including phenoxy) is 2. The first-order valence-corrected chi connectivity index (χ1v) is 10.1. The Morgan fingerprint density at radius 1 is 1.26 bits per heavy atom. The Hall–Kier alpha value is -1.47. The Kier molecular flexibility index (Phi) is 11.9. The summed E-state index contributed by atoms with van der Waals surface area (Å²) in [4.78, 5) is 34.2. The van der Waals surface area contributed by atoms with Crippen molar-refractivity contribution in [1.29, 1.82) is 0 Å². The molecule has 156 valence electrons. The molecule has 0 heterocycles. The first-order chi connectivity index (χ1) is 13.0. The number of aliphatic hydroxyl groups is 1. The van der Waals surface area contributed by atoms with Crippen molar-refractivity contribution in [2.24, 2.45) is 17.8 Å². The Morgan fingerprint density at radius 3 is 2.63 bits per heavy atom. The van der Waals surface area contributed by atoms with Crippen LogP contribution in [0.5, 0.6) is 0 Å². The minimum Gasteiger partial charge on any atom is -0.461 e. The lowest BCUT2D eigenvalue weighted by Crippen LogP contribution is -2.30. The van der Waals surface area contributed by atoms with Gasteiger partial charge < -0.3 is 24.7 Å². The Bertz CT molecular complexity index is 456. The van der Waals surface area contributed by atoms with E-state index in [9.17, 15) is 19.5 Å². The SMILES string of the molecule is CCC1CC(C(=O)OCC(CO)OC(=O)CCCNCCCC=O)CC1C. The molecule has 7 heteroatoms. The first-order valence-electron chi connectivity index (χ1n) is 10.1. The highest BCUT2D eigenvalue weighted by molar-refractivity contribution is 5.73. The highest BCUT2D eigenvalue weighted by Crippen LogP contribution is 2.38. The molecule has 4 atom stereocenters. The van der Waals surface area contributed by atoms with Crippen molar-refractivity contribution in [1.82, 2.24) is 5.32 Å². The molecule has 7 nitrogen and oxygen atoms in total. The molecule has 0 radical (unpaired) electrons. The second-order valence-corrected chi connectivity index (χ2v) is 7.40. The third kappa shape index (κ3) is 9.33. The quantitative estimate of drug-likeness (QED) is 0.267. The third-order valence-electron chi connectivity index (χ3n) is 5.23. The van der Waals surface area contributed by atoms with Crippen LogP contribution in [0.25, 0.3) is 0 Å². The summed E-state index contributed by atoms with van der Waals surface area (Å²) in [5.74, 6) is 0.310. The highest BCUT2D eigenvalue weighted by atomic mass is 16.6. The summed E-state index contributed by atoms with van der Waals surface area (Å²) in [5, 5.41) is 12.5. The van der Waals surface area contributed by atoms with Crippen molar-refractivity contribution < 1.29 is 29.0 Å². The molecular formula is C20H35NO6. The zero-order valence-corrected chi connectivity index (χ0v) is 16.7. The largest absolute Gasteiger partial charge is 0.461 e. The summed E-state index contributed by atoms with van der Waals surface area (Å²) < 4.78 is 10.5. The van der Waals surface area contributed by atoms with E-state index in [2.05, 4.69) is 19.2 Å². The molecular weight excluding hydrogens is 350 g/mol. The van der Waals surface area contributed by atoms with Crippen LogP contribution in [-0.4, -0.2) is 55.7 Å². The lowest BCUT2D eigenvalue weighted by atomic mass is 9.96. The minimum absolute atomic E-state index is 0.0923. The van der Waals surface area contributed by atoms with Crippen LogP contribution in [-0.2, 0) is 23.9 Å². The van der Waals surface area contributed by atoms with Gasteiger partial charge in [-0.05, 0) is 50.6 Å². The number of hydrogen-bond donors (Lipinski definition) is 2. The maximum Gasteiger partial charge on any atom is 0.309 e. The number of nitrogens with one attached hydrogen (secondary N) is 1. The van der Waals surface area contributed by atoms with Gasteiger partial charge in [-0.1, -0.05) is 20.3 Å². The number of aldehydes is 1. The van der Waals surface area contributed by atoms with E-state index in [1.807, 2.05) is 0 Å². The fraction of sp³-hybridized carbons (Fsp3) is 0.850. The number of rotatable bonds is 14. The number of carbonyl (C=O) groups excluding carboxylic acids is 3. The zero-order valence-electron chi connectivity index (χ0n) is 16.7. The van der Waals surface area contributed by atoms with E-state index in [-0.39, 0.29) is 31.5 Å². The summed E-state index contributed by atoms with van der Waals surface area (Å²) in [6, 6.07) is 0. The van der Waals surface area contributed by atoms with Crippen molar-refractivity contribution >= 4 is 18.2 Å². The molecule has 1 saturated carbocycles. The van der Waals surface area contributed by atoms with E-state index in [1.165, 1.54) is 0 Å². The smallest absolute Gasteiger partial charge is 0.309 e. The van der Waals surface area contributed by atoms with Gasteiger partial charge in [0.25, 0.3) is 0 Å². The molecule has 4 unspecified atom stereocenters. The average molecular weight is 386 g/mol. The fourth-order valence-electron chi connectivity index (χ4n) is 3.55. The normalized spacial score (nSPS) is 23.0. The number of aliphatic hydroxyl groups excluding tert-OH is 1. The maximum atomic E-state index is 12.2. The Labute approximate surface area is 162 Å². The van der Waals surface area contributed by atoms with Gasteiger partial charge >= 0.3 is 11.9 Å². The van der Waals surface area contributed by atoms with Crippen LogP contribution in [0.2, 0.25) is 0 Å². The summed E-state index contributed by atoms with van der Waals surface area (Å²) in [6.07, 6.45) is 4.96. The van der Waals surface area contributed by atoms with Gasteiger partial charge in [-0.25, -0.2) is 0 Å². The number of hydrogen-bond acceptors (Lipinski definition) is 7. The highest BCUT2D eigenvalue weighted by Gasteiger charge is 2.35. The van der Waals surface area contributed by atoms with Crippen molar-refractivity contribution in [2.75, 3.05) is 26.3 Å². The monoisotopic (exact) mass is 385 g/mol. The molecule has 0 aromatic carbocycles. The van der Waals surface area contributed by atoms with Crippen LogP contribution in [0.1, 0.15) is 58.8 Å². The van der Waals surface area contributed by atoms with Gasteiger partial charge in [0.1, 0.15) is 12.9 Å². The van der Waals surface area contributed by atoms with Crippen LogP contribution < -0.4 is 5.32 Å².